The fraction of sp³-hybridized carbons (Fsp3) is 0.615. The maximum atomic E-state index is 8.93. The third-order valence-corrected chi connectivity index (χ3v) is 2.95. The lowest BCUT2D eigenvalue weighted by Gasteiger charge is -2.12. The van der Waals surface area contributed by atoms with Gasteiger partial charge in [0.15, 0.2) is 0 Å². The molecule has 4 nitrogen and oxygen atoms in total. The van der Waals surface area contributed by atoms with Crippen molar-refractivity contribution >= 4 is 0 Å². The van der Waals surface area contributed by atoms with Crippen molar-refractivity contribution in [3.8, 4) is 6.07 Å². The van der Waals surface area contributed by atoms with Crippen LogP contribution in [-0.2, 0) is 18.3 Å². The van der Waals surface area contributed by atoms with Crippen LogP contribution in [0.5, 0.6) is 0 Å². The molecule has 0 radical (unpaired) electrons. The maximum absolute atomic E-state index is 8.93. The molecule has 1 atom stereocenters. The maximum Gasteiger partial charge on any atom is 0.120 e. The minimum Gasteiger partial charge on any atom is -0.377 e. The second-order valence-electron chi connectivity index (χ2n) is 4.21. The number of hydrogen-bond acceptors (Lipinski definition) is 3. The van der Waals surface area contributed by atoms with Crippen molar-refractivity contribution in [2.24, 2.45) is 7.05 Å². The Hall–Kier alpha value is -1.31. The third-order valence-electron chi connectivity index (χ3n) is 2.95. The van der Waals surface area contributed by atoms with E-state index in [-0.39, 0.29) is 6.10 Å². The molecule has 0 fully saturated rings. The van der Waals surface area contributed by atoms with Gasteiger partial charge in [0.05, 0.1) is 6.10 Å². The first-order valence-corrected chi connectivity index (χ1v) is 5.97. The molecule has 0 saturated heterocycles. The predicted octanol–water partition coefficient (Wildman–Crippen LogP) is 1.72. The fourth-order valence-corrected chi connectivity index (χ4v) is 1.80. The minimum absolute atomic E-state index is 0.222. The van der Waals surface area contributed by atoms with E-state index in [4.69, 9.17) is 10.00 Å². The van der Waals surface area contributed by atoms with Crippen LogP contribution in [0, 0.1) is 18.3 Å². The zero-order valence-electron chi connectivity index (χ0n) is 11.1. The van der Waals surface area contributed by atoms with E-state index >= 15 is 0 Å². The van der Waals surface area contributed by atoms with Gasteiger partial charge in [-0.1, -0.05) is 0 Å². The van der Waals surface area contributed by atoms with Crippen LogP contribution in [0.3, 0.4) is 0 Å². The summed E-state index contributed by atoms with van der Waals surface area (Å²) in [4.78, 5) is 0. The lowest BCUT2D eigenvalue weighted by Crippen LogP contribution is -2.26. The van der Waals surface area contributed by atoms with Crippen molar-refractivity contribution in [3.63, 3.8) is 0 Å². The first-order valence-electron chi connectivity index (χ1n) is 5.97. The van der Waals surface area contributed by atoms with Gasteiger partial charge in [0.2, 0.25) is 0 Å². The molecule has 0 aliphatic heterocycles. The van der Waals surface area contributed by atoms with Crippen LogP contribution in [0.15, 0.2) is 6.07 Å². The molecule has 1 aromatic heterocycles. The van der Waals surface area contributed by atoms with E-state index in [0.717, 1.165) is 25.4 Å². The highest BCUT2D eigenvalue weighted by Gasteiger charge is 2.08. The average Bonchev–Trinajstić information content (AvgIpc) is 2.57. The van der Waals surface area contributed by atoms with E-state index in [2.05, 4.69) is 18.3 Å². The molecule has 0 aliphatic rings. The number of nitrogens with one attached hydrogen (secondary N) is 1. The topological polar surface area (TPSA) is 50.0 Å². The van der Waals surface area contributed by atoms with Crippen molar-refractivity contribution < 1.29 is 4.74 Å². The SMILES string of the molecule is CCOC(C)CNCc1cc(C#N)n(C)c1C. The Morgan fingerprint density at radius 1 is 1.59 bits per heavy atom. The van der Waals surface area contributed by atoms with Gasteiger partial charge in [-0.25, -0.2) is 0 Å². The quantitative estimate of drug-likeness (QED) is 0.816. The molecule has 1 aromatic rings. The number of nitriles is 1. The molecule has 0 aliphatic carbocycles. The number of ether oxygens (including phenoxy) is 1. The summed E-state index contributed by atoms with van der Waals surface area (Å²) in [6, 6.07) is 4.12. The third kappa shape index (κ3) is 3.58. The molecule has 94 valence electrons. The van der Waals surface area contributed by atoms with Gasteiger partial charge in [-0.2, -0.15) is 5.26 Å². The van der Waals surface area contributed by atoms with Gasteiger partial charge in [0.1, 0.15) is 11.8 Å². The summed E-state index contributed by atoms with van der Waals surface area (Å²) in [5, 5.41) is 12.3. The summed E-state index contributed by atoms with van der Waals surface area (Å²) in [5.41, 5.74) is 3.02. The van der Waals surface area contributed by atoms with Crippen molar-refractivity contribution in [1.82, 2.24) is 9.88 Å². The second-order valence-corrected chi connectivity index (χ2v) is 4.21. The standard InChI is InChI=1S/C13H21N3O/c1-5-17-10(2)8-15-9-12-6-13(7-14)16(4)11(12)3/h6,10,15H,5,8-9H2,1-4H3. The van der Waals surface area contributed by atoms with Crippen LogP contribution in [-0.4, -0.2) is 23.8 Å². The van der Waals surface area contributed by atoms with E-state index in [1.807, 2.05) is 31.5 Å². The molecule has 1 unspecified atom stereocenters. The lowest BCUT2D eigenvalue weighted by atomic mass is 10.2. The van der Waals surface area contributed by atoms with E-state index in [9.17, 15) is 0 Å². The Balaban J connectivity index is 2.50. The number of hydrogen-bond donors (Lipinski definition) is 1. The van der Waals surface area contributed by atoms with Gasteiger partial charge in [0.25, 0.3) is 0 Å². The molecule has 0 aromatic carbocycles. The first-order chi connectivity index (χ1) is 8.10. The predicted molar refractivity (Wildman–Crippen MR) is 67.7 cm³/mol. The van der Waals surface area contributed by atoms with E-state index < -0.39 is 0 Å². The van der Waals surface area contributed by atoms with Gasteiger partial charge in [0, 0.05) is 32.4 Å². The highest BCUT2D eigenvalue weighted by Crippen LogP contribution is 2.12. The normalized spacial score (nSPS) is 12.4. The largest absolute Gasteiger partial charge is 0.377 e. The molecule has 1 N–H and O–H groups in total. The van der Waals surface area contributed by atoms with Crippen LogP contribution in [0.2, 0.25) is 0 Å². The first kappa shape index (κ1) is 13.8. The van der Waals surface area contributed by atoms with Crippen LogP contribution < -0.4 is 5.32 Å². The highest BCUT2D eigenvalue weighted by atomic mass is 16.5. The average molecular weight is 235 g/mol. The summed E-state index contributed by atoms with van der Waals surface area (Å²) in [7, 11) is 1.92. The summed E-state index contributed by atoms with van der Waals surface area (Å²) in [6.07, 6.45) is 0.222. The molecular formula is C13H21N3O. The van der Waals surface area contributed by atoms with Gasteiger partial charge in [-0.3, -0.25) is 0 Å². The van der Waals surface area contributed by atoms with Gasteiger partial charge in [-0.05, 0) is 32.4 Å². The second kappa shape index (κ2) is 6.43. The monoisotopic (exact) mass is 235 g/mol. The summed E-state index contributed by atoms with van der Waals surface area (Å²) in [5.74, 6) is 0. The molecule has 0 amide bonds. The van der Waals surface area contributed by atoms with Crippen LogP contribution in [0.4, 0.5) is 0 Å². The molecule has 1 heterocycles. The molecule has 4 heteroatoms. The van der Waals surface area contributed by atoms with E-state index in [0.29, 0.717) is 5.69 Å². The zero-order valence-corrected chi connectivity index (χ0v) is 11.1. The number of nitrogens with zero attached hydrogens (tertiary/aromatic N) is 2. The number of rotatable bonds is 6. The fourth-order valence-electron chi connectivity index (χ4n) is 1.80. The van der Waals surface area contributed by atoms with E-state index in [1.54, 1.807) is 0 Å². The smallest absolute Gasteiger partial charge is 0.120 e. The lowest BCUT2D eigenvalue weighted by molar-refractivity contribution is 0.0759. The Morgan fingerprint density at radius 3 is 2.82 bits per heavy atom. The Morgan fingerprint density at radius 2 is 2.29 bits per heavy atom. The Labute approximate surface area is 103 Å². The molecule has 0 saturated carbocycles. The summed E-state index contributed by atoms with van der Waals surface area (Å²) >= 11 is 0. The van der Waals surface area contributed by atoms with Crippen molar-refractivity contribution in [1.29, 1.82) is 5.26 Å². The van der Waals surface area contributed by atoms with Gasteiger partial charge in [-0.15, -0.1) is 0 Å². The minimum atomic E-state index is 0.222. The number of aromatic nitrogens is 1. The van der Waals surface area contributed by atoms with Crippen molar-refractivity contribution in [2.75, 3.05) is 13.2 Å². The van der Waals surface area contributed by atoms with Crippen LogP contribution in [0.1, 0.15) is 30.8 Å². The molecular weight excluding hydrogens is 214 g/mol. The Kier molecular flexibility index (Phi) is 5.20. The van der Waals surface area contributed by atoms with Crippen LogP contribution >= 0.6 is 0 Å². The van der Waals surface area contributed by atoms with Gasteiger partial charge >= 0.3 is 0 Å². The highest BCUT2D eigenvalue weighted by molar-refractivity contribution is 5.33. The Bertz CT molecular complexity index is 404. The van der Waals surface area contributed by atoms with Crippen molar-refractivity contribution in [3.05, 3.63) is 23.0 Å². The molecule has 1 rings (SSSR count). The summed E-state index contributed by atoms with van der Waals surface area (Å²) in [6.45, 7) is 8.42. The van der Waals surface area contributed by atoms with E-state index in [1.165, 1.54) is 5.56 Å². The zero-order chi connectivity index (χ0) is 12.8. The van der Waals surface area contributed by atoms with Crippen LogP contribution in [0.25, 0.3) is 0 Å². The van der Waals surface area contributed by atoms with Crippen molar-refractivity contribution in [2.45, 2.75) is 33.4 Å². The summed E-state index contributed by atoms with van der Waals surface area (Å²) < 4.78 is 7.36. The molecule has 0 spiro atoms. The molecule has 17 heavy (non-hydrogen) atoms. The van der Waals surface area contributed by atoms with Gasteiger partial charge < -0.3 is 14.6 Å². The molecule has 0 bridgehead atoms.